The van der Waals surface area contributed by atoms with Crippen molar-refractivity contribution in [2.75, 3.05) is 18.1 Å². The number of carbonyl (C=O) groups excluding carboxylic acids is 1. The molecule has 0 aliphatic heterocycles. The second-order valence-corrected chi connectivity index (χ2v) is 7.52. The zero-order valence-corrected chi connectivity index (χ0v) is 13.4. The number of halogens is 1. The van der Waals surface area contributed by atoms with Gasteiger partial charge in [0, 0.05) is 10.2 Å². The summed E-state index contributed by atoms with van der Waals surface area (Å²) in [6.45, 7) is 3.37. The molecule has 0 N–H and O–H groups in total. The largest absolute Gasteiger partial charge is 0.493 e. The van der Waals surface area contributed by atoms with Gasteiger partial charge in [0.1, 0.15) is 15.6 Å². The summed E-state index contributed by atoms with van der Waals surface area (Å²) in [6.07, 6.45) is 0.417. The number of sulfone groups is 1. The maximum Gasteiger partial charge on any atom is 0.163 e. The van der Waals surface area contributed by atoms with E-state index in [1.165, 1.54) is 6.92 Å². The first kappa shape index (κ1) is 16.2. The van der Waals surface area contributed by atoms with E-state index >= 15 is 0 Å². The van der Waals surface area contributed by atoms with E-state index in [4.69, 9.17) is 4.74 Å². The number of hydrogen-bond acceptors (Lipinski definition) is 4. The summed E-state index contributed by atoms with van der Waals surface area (Å²) in [7, 11) is -2.96. The number of hydrogen-bond donors (Lipinski definition) is 0. The minimum atomic E-state index is -2.96. The summed E-state index contributed by atoms with van der Waals surface area (Å²) in [6, 6.07) is 5.17. The Morgan fingerprint density at radius 1 is 1.37 bits per heavy atom. The highest BCUT2D eigenvalue weighted by Crippen LogP contribution is 2.24. The Bertz CT molecular complexity index is 552. The van der Waals surface area contributed by atoms with Crippen LogP contribution in [-0.2, 0) is 9.84 Å². The topological polar surface area (TPSA) is 60.4 Å². The fraction of sp³-hybridized carbons (Fsp3) is 0.462. The number of ether oxygens (including phenoxy) is 1. The first-order chi connectivity index (χ1) is 8.85. The van der Waals surface area contributed by atoms with Gasteiger partial charge in [0.05, 0.1) is 17.9 Å². The first-order valence-corrected chi connectivity index (χ1v) is 8.61. The van der Waals surface area contributed by atoms with E-state index in [1.807, 2.05) is 0 Å². The van der Waals surface area contributed by atoms with Crippen molar-refractivity contribution in [3.05, 3.63) is 28.2 Å². The Labute approximate surface area is 122 Å². The predicted octanol–water partition coefficient (Wildman–Crippen LogP) is 2.86. The van der Waals surface area contributed by atoms with Gasteiger partial charge in [-0.15, -0.1) is 0 Å². The van der Waals surface area contributed by atoms with E-state index in [1.54, 1.807) is 25.1 Å². The molecule has 0 radical (unpaired) electrons. The molecule has 1 rings (SSSR count). The number of carbonyl (C=O) groups is 1. The lowest BCUT2D eigenvalue weighted by Crippen LogP contribution is -2.12. The summed E-state index contributed by atoms with van der Waals surface area (Å²) < 4.78 is 29.0. The fourth-order valence-corrected chi connectivity index (χ4v) is 2.70. The van der Waals surface area contributed by atoms with Crippen LogP contribution in [0.3, 0.4) is 0 Å². The van der Waals surface area contributed by atoms with Gasteiger partial charge in [-0.1, -0.05) is 22.9 Å². The average molecular weight is 349 g/mol. The van der Waals surface area contributed by atoms with Crippen LogP contribution in [0.5, 0.6) is 5.75 Å². The third-order valence-corrected chi connectivity index (χ3v) is 4.90. The summed E-state index contributed by atoms with van der Waals surface area (Å²) in [5, 5.41) is 0. The molecule has 0 atom stereocenters. The number of Topliss-reactive ketones (excluding diaryl/α,β-unsaturated/α-hetero) is 1. The third kappa shape index (κ3) is 5.32. The van der Waals surface area contributed by atoms with Crippen LogP contribution in [0.25, 0.3) is 0 Å². The molecule has 6 heteroatoms. The minimum Gasteiger partial charge on any atom is -0.493 e. The highest BCUT2D eigenvalue weighted by Gasteiger charge is 2.10. The molecule has 0 amide bonds. The molecule has 0 unspecified atom stereocenters. The third-order valence-electron chi connectivity index (χ3n) is 2.62. The van der Waals surface area contributed by atoms with Crippen LogP contribution >= 0.6 is 15.9 Å². The molecule has 0 aliphatic carbocycles. The molecular weight excluding hydrogens is 332 g/mol. The first-order valence-electron chi connectivity index (χ1n) is 5.99. The maximum atomic E-state index is 11.4. The zero-order valence-electron chi connectivity index (χ0n) is 11.0. The van der Waals surface area contributed by atoms with Crippen LogP contribution < -0.4 is 4.74 Å². The van der Waals surface area contributed by atoms with Gasteiger partial charge in [0.25, 0.3) is 0 Å². The van der Waals surface area contributed by atoms with Crippen LogP contribution in [0.1, 0.15) is 30.6 Å². The second kappa shape index (κ2) is 7.05. The highest BCUT2D eigenvalue weighted by molar-refractivity contribution is 9.10. The number of ketones is 1. The summed E-state index contributed by atoms with van der Waals surface area (Å²) >= 11 is 3.31. The monoisotopic (exact) mass is 348 g/mol. The molecule has 0 spiro atoms. The Kier molecular flexibility index (Phi) is 6.00. The molecule has 0 bridgehead atoms. The Morgan fingerprint density at radius 2 is 2.05 bits per heavy atom. The lowest BCUT2D eigenvalue weighted by atomic mass is 10.1. The molecule has 1 aromatic carbocycles. The van der Waals surface area contributed by atoms with E-state index in [-0.39, 0.29) is 23.9 Å². The van der Waals surface area contributed by atoms with Gasteiger partial charge in [-0.2, -0.15) is 0 Å². The molecule has 106 valence electrons. The Hall–Kier alpha value is -0.880. The van der Waals surface area contributed by atoms with Crippen LogP contribution in [0, 0.1) is 0 Å². The van der Waals surface area contributed by atoms with E-state index in [9.17, 15) is 13.2 Å². The maximum absolute atomic E-state index is 11.4. The van der Waals surface area contributed by atoms with Crippen LogP contribution in [0.4, 0.5) is 0 Å². The fourth-order valence-electron chi connectivity index (χ4n) is 1.51. The van der Waals surface area contributed by atoms with Crippen molar-refractivity contribution in [1.82, 2.24) is 0 Å². The van der Waals surface area contributed by atoms with Gasteiger partial charge < -0.3 is 4.74 Å². The molecule has 0 aliphatic rings. The number of benzene rings is 1. The van der Waals surface area contributed by atoms with Crippen molar-refractivity contribution >= 4 is 31.6 Å². The molecular formula is C13H17BrO4S. The zero-order chi connectivity index (χ0) is 14.5. The van der Waals surface area contributed by atoms with Crippen molar-refractivity contribution in [2.45, 2.75) is 20.3 Å². The molecule has 0 saturated heterocycles. The molecule has 4 nitrogen and oxygen atoms in total. The van der Waals surface area contributed by atoms with Crippen molar-refractivity contribution in [1.29, 1.82) is 0 Å². The van der Waals surface area contributed by atoms with Crippen molar-refractivity contribution in [3.63, 3.8) is 0 Å². The molecule has 0 fully saturated rings. The average Bonchev–Trinajstić information content (AvgIpc) is 2.34. The van der Waals surface area contributed by atoms with Gasteiger partial charge in [-0.25, -0.2) is 8.42 Å². The van der Waals surface area contributed by atoms with Gasteiger partial charge in [0.2, 0.25) is 0 Å². The highest BCUT2D eigenvalue weighted by atomic mass is 79.9. The van der Waals surface area contributed by atoms with E-state index in [2.05, 4.69) is 15.9 Å². The molecule has 0 saturated carbocycles. The summed E-state index contributed by atoms with van der Waals surface area (Å²) in [4.78, 5) is 11.4. The lowest BCUT2D eigenvalue weighted by Gasteiger charge is -2.10. The standard InChI is InChI=1S/C13H17BrO4S/c1-3-19(16,17)8-4-7-18-13-9-11(14)5-6-12(13)10(2)15/h5-6,9H,3-4,7-8H2,1-2H3. The predicted molar refractivity (Wildman–Crippen MR) is 78.6 cm³/mol. The molecule has 1 aromatic rings. The number of rotatable bonds is 7. The quantitative estimate of drug-likeness (QED) is 0.561. The van der Waals surface area contributed by atoms with Gasteiger partial charge >= 0.3 is 0 Å². The van der Waals surface area contributed by atoms with E-state index in [0.29, 0.717) is 17.7 Å². The SMILES string of the molecule is CCS(=O)(=O)CCCOc1cc(Br)ccc1C(C)=O. The molecule has 0 heterocycles. The molecule has 0 aromatic heterocycles. The summed E-state index contributed by atoms with van der Waals surface area (Å²) in [5.41, 5.74) is 0.501. The van der Waals surface area contributed by atoms with Gasteiger partial charge in [-0.05, 0) is 31.5 Å². The van der Waals surface area contributed by atoms with Crippen molar-refractivity contribution in [2.24, 2.45) is 0 Å². The Morgan fingerprint density at radius 3 is 2.63 bits per heavy atom. The second-order valence-electron chi connectivity index (χ2n) is 4.14. The Balaban J connectivity index is 2.63. The molecule has 19 heavy (non-hydrogen) atoms. The van der Waals surface area contributed by atoms with E-state index in [0.717, 1.165) is 4.47 Å². The van der Waals surface area contributed by atoms with Gasteiger partial charge in [-0.3, -0.25) is 4.79 Å². The van der Waals surface area contributed by atoms with Gasteiger partial charge in [0.15, 0.2) is 5.78 Å². The normalized spacial score (nSPS) is 11.3. The van der Waals surface area contributed by atoms with Crippen molar-refractivity contribution in [3.8, 4) is 5.75 Å². The summed E-state index contributed by atoms with van der Waals surface area (Å²) in [5.74, 6) is 0.648. The van der Waals surface area contributed by atoms with Crippen molar-refractivity contribution < 1.29 is 17.9 Å². The smallest absolute Gasteiger partial charge is 0.163 e. The minimum absolute atomic E-state index is 0.0799. The lowest BCUT2D eigenvalue weighted by molar-refractivity contribution is 0.101. The van der Waals surface area contributed by atoms with Crippen LogP contribution in [0.2, 0.25) is 0 Å². The van der Waals surface area contributed by atoms with E-state index < -0.39 is 9.84 Å². The van der Waals surface area contributed by atoms with Crippen LogP contribution in [-0.4, -0.2) is 32.3 Å². The van der Waals surface area contributed by atoms with Crippen LogP contribution in [0.15, 0.2) is 22.7 Å².